The first-order valence-corrected chi connectivity index (χ1v) is 14.9. The third-order valence-corrected chi connectivity index (χ3v) is 7.84. The van der Waals surface area contributed by atoms with Crippen LogP contribution in [-0.2, 0) is 26.2 Å². The molecule has 1 aliphatic carbocycles. The molecule has 0 bridgehead atoms. The van der Waals surface area contributed by atoms with E-state index in [-0.39, 0.29) is 24.2 Å². The van der Waals surface area contributed by atoms with E-state index in [1.807, 2.05) is 19.1 Å². The average molecular weight is 546 g/mol. The number of methoxy groups -OCH3 is 1. The maximum Gasteiger partial charge on any atom is 0.244 e. The zero-order valence-corrected chi connectivity index (χ0v) is 23.5. The lowest BCUT2D eigenvalue weighted by molar-refractivity contribution is -0.140. The number of anilines is 1. The molecule has 0 spiro atoms. The number of hydrogen-bond donors (Lipinski definition) is 1. The fourth-order valence-corrected chi connectivity index (χ4v) is 5.60. The van der Waals surface area contributed by atoms with Gasteiger partial charge in [0.05, 0.1) is 25.7 Å². The summed E-state index contributed by atoms with van der Waals surface area (Å²) in [6.45, 7) is 3.67. The maximum atomic E-state index is 13.9. The molecule has 1 fully saturated rings. The number of ether oxygens (including phenoxy) is 2. The molecule has 0 saturated heterocycles. The van der Waals surface area contributed by atoms with Crippen molar-refractivity contribution in [2.45, 2.75) is 64.6 Å². The van der Waals surface area contributed by atoms with Crippen LogP contribution in [0.15, 0.2) is 48.5 Å². The fraction of sp³-hybridized carbons (Fsp3) is 0.500. The fourth-order valence-electron chi connectivity index (χ4n) is 4.75. The summed E-state index contributed by atoms with van der Waals surface area (Å²) in [4.78, 5) is 28.7. The van der Waals surface area contributed by atoms with Crippen LogP contribution in [0.3, 0.4) is 0 Å². The normalized spacial score (nSPS) is 14.5. The van der Waals surface area contributed by atoms with Gasteiger partial charge in [0, 0.05) is 12.6 Å². The molecule has 2 amide bonds. The van der Waals surface area contributed by atoms with Gasteiger partial charge in [0.15, 0.2) is 0 Å². The van der Waals surface area contributed by atoms with Crippen molar-refractivity contribution < 1.29 is 27.5 Å². The first-order chi connectivity index (χ1) is 18.2. The predicted molar refractivity (Wildman–Crippen MR) is 148 cm³/mol. The topological polar surface area (TPSA) is 105 Å². The molecule has 0 aliphatic heterocycles. The molecule has 0 heterocycles. The molecular formula is C28H39N3O6S. The van der Waals surface area contributed by atoms with Gasteiger partial charge in [0.1, 0.15) is 24.1 Å². The summed E-state index contributed by atoms with van der Waals surface area (Å²) in [6.07, 6.45) is 5.42. The molecule has 1 unspecified atom stereocenters. The molecule has 10 heteroatoms. The van der Waals surface area contributed by atoms with Crippen LogP contribution in [0.4, 0.5) is 5.69 Å². The molecule has 1 saturated carbocycles. The van der Waals surface area contributed by atoms with Crippen LogP contribution < -0.4 is 19.1 Å². The van der Waals surface area contributed by atoms with Gasteiger partial charge in [-0.05, 0) is 56.0 Å². The number of benzene rings is 2. The van der Waals surface area contributed by atoms with E-state index >= 15 is 0 Å². The SMILES string of the molecule is CCOc1ccccc1N(CC(=O)N(Cc1ccc(OC)cc1)C(CC)C(=O)NC1CCCC1)S(C)(=O)=O. The Morgan fingerprint density at radius 1 is 1.05 bits per heavy atom. The minimum Gasteiger partial charge on any atom is -0.497 e. The van der Waals surface area contributed by atoms with Crippen molar-refractivity contribution in [1.29, 1.82) is 0 Å². The Kier molecular flexibility index (Phi) is 10.4. The molecule has 208 valence electrons. The second-order valence-electron chi connectivity index (χ2n) is 9.45. The summed E-state index contributed by atoms with van der Waals surface area (Å²) in [5.41, 5.74) is 1.07. The first kappa shape index (κ1) is 29.3. The largest absolute Gasteiger partial charge is 0.497 e. The number of para-hydroxylation sites is 2. The molecule has 3 rings (SSSR count). The summed E-state index contributed by atoms with van der Waals surface area (Å²) in [5, 5.41) is 3.11. The number of amides is 2. The van der Waals surface area contributed by atoms with E-state index in [1.54, 1.807) is 50.4 Å². The lowest BCUT2D eigenvalue weighted by Crippen LogP contribution is -2.53. The number of nitrogens with one attached hydrogen (secondary N) is 1. The number of carbonyl (C=O) groups is 2. The summed E-state index contributed by atoms with van der Waals surface area (Å²) >= 11 is 0. The smallest absolute Gasteiger partial charge is 0.244 e. The van der Waals surface area contributed by atoms with Gasteiger partial charge in [-0.2, -0.15) is 0 Å². The Hall–Kier alpha value is -3.27. The standard InChI is InChI=1S/C28H39N3O6S/c1-5-24(28(33)29-22-11-7-8-12-22)30(19-21-15-17-23(36-3)18-16-21)27(32)20-31(38(4,34)35)25-13-9-10-14-26(25)37-6-2/h9-10,13-18,22,24H,5-8,11-12,19-20H2,1-4H3,(H,29,33). The Labute approximate surface area is 226 Å². The van der Waals surface area contributed by atoms with Crippen LogP contribution in [0.5, 0.6) is 11.5 Å². The highest BCUT2D eigenvalue weighted by Gasteiger charge is 2.33. The summed E-state index contributed by atoms with van der Waals surface area (Å²) < 4.78 is 37.7. The zero-order chi connectivity index (χ0) is 27.7. The lowest BCUT2D eigenvalue weighted by atomic mass is 10.1. The number of nitrogens with zero attached hydrogens (tertiary/aromatic N) is 2. The van der Waals surface area contributed by atoms with Gasteiger partial charge in [-0.3, -0.25) is 13.9 Å². The molecule has 1 atom stereocenters. The van der Waals surface area contributed by atoms with Crippen molar-refractivity contribution in [1.82, 2.24) is 10.2 Å². The van der Waals surface area contributed by atoms with E-state index in [9.17, 15) is 18.0 Å². The van der Waals surface area contributed by atoms with Crippen LogP contribution in [0.2, 0.25) is 0 Å². The Morgan fingerprint density at radius 3 is 2.29 bits per heavy atom. The summed E-state index contributed by atoms with van der Waals surface area (Å²) in [5.74, 6) is 0.335. The zero-order valence-electron chi connectivity index (χ0n) is 22.7. The monoisotopic (exact) mass is 545 g/mol. The van der Waals surface area contributed by atoms with Crippen LogP contribution in [0.1, 0.15) is 51.5 Å². The van der Waals surface area contributed by atoms with E-state index in [1.165, 1.54) is 4.90 Å². The Morgan fingerprint density at radius 2 is 1.71 bits per heavy atom. The van der Waals surface area contributed by atoms with Crippen LogP contribution in [0, 0.1) is 0 Å². The molecule has 2 aromatic carbocycles. The molecule has 1 N–H and O–H groups in total. The van der Waals surface area contributed by atoms with Gasteiger partial charge in [-0.25, -0.2) is 8.42 Å². The lowest BCUT2D eigenvalue weighted by Gasteiger charge is -2.33. The van der Waals surface area contributed by atoms with E-state index in [4.69, 9.17) is 9.47 Å². The van der Waals surface area contributed by atoms with E-state index in [2.05, 4.69) is 5.32 Å². The van der Waals surface area contributed by atoms with Crippen molar-refractivity contribution in [2.24, 2.45) is 0 Å². The quantitative estimate of drug-likeness (QED) is 0.411. The molecule has 9 nitrogen and oxygen atoms in total. The minimum atomic E-state index is -3.85. The molecular weight excluding hydrogens is 506 g/mol. The van der Waals surface area contributed by atoms with E-state index in [0.29, 0.717) is 24.5 Å². The van der Waals surface area contributed by atoms with Gasteiger partial charge >= 0.3 is 0 Å². The van der Waals surface area contributed by atoms with E-state index < -0.39 is 28.5 Å². The maximum absolute atomic E-state index is 13.9. The van der Waals surface area contributed by atoms with Crippen molar-refractivity contribution >= 4 is 27.5 Å². The van der Waals surface area contributed by atoms with Crippen LogP contribution in [-0.4, -0.2) is 63.7 Å². The molecule has 38 heavy (non-hydrogen) atoms. The number of rotatable bonds is 13. The Bertz CT molecular complexity index is 1180. The summed E-state index contributed by atoms with van der Waals surface area (Å²) in [6, 6.07) is 13.3. The Balaban J connectivity index is 1.94. The second kappa shape index (κ2) is 13.5. The van der Waals surface area contributed by atoms with Gasteiger partial charge in [0.25, 0.3) is 0 Å². The second-order valence-corrected chi connectivity index (χ2v) is 11.4. The van der Waals surface area contributed by atoms with Crippen molar-refractivity contribution in [3.8, 4) is 11.5 Å². The van der Waals surface area contributed by atoms with E-state index in [0.717, 1.165) is 41.8 Å². The minimum absolute atomic E-state index is 0.0973. The van der Waals surface area contributed by atoms with Gasteiger partial charge in [-0.1, -0.05) is 44.0 Å². The number of hydrogen-bond acceptors (Lipinski definition) is 6. The van der Waals surface area contributed by atoms with Gasteiger partial charge in [0.2, 0.25) is 21.8 Å². The summed E-state index contributed by atoms with van der Waals surface area (Å²) in [7, 11) is -2.28. The van der Waals surface area contributed by atoms with Crippen molar-refractivity contribution in [3.05, 3.63) is 54.1 Å². The van der Waals surface area contributed by atoms with Crippen LogP contribution >= 0.6 is 0 Å². The molecule has 0 aromatic heterocycles. The molecule has 2 aromatic rings. The molecule has 0 radical (unpaired) electrons. The number of sulfonamides is 1. The molecule has 1 aliphatic rings. The van der Waals surface area contributed by atoms with Crippen molar-refractivity contribution in [3.63, 3.8) is 0 Å². The van der Waals surface area contributed by atoms with Gasteiger partial charge < -0.3 is 19.7 Å². The number of carbonyl (C=O) groups excluding carboxylic acids is 2. The third-order valence-electron chi connectivity index (χ3n) is 6.71. The highest BCUT2D eigenvalue weighted by Crippen LogP contribution is 2.30. The predicted octanol–water partition coefficient (Wildman–Crippen LogP) is 3.73. The third kappa shape index (κ3) is 7.63. The highest BCUT2D eigenvalue weighted by atomic mass is 32.2. The first-order valence-electron chi connectivity index (χ1n) is 13.1. The van der Waals surface area contributed by atoms with Gasteiger partial charge in [-0.15, -0.1) is 0 Å². The van der Waals surface area contributed by atoms with Crippen LogP contribution in [0.25, 0.3) is 0 Å². The van der Waals surface area contributed by atoms with Crippen molar-refractivity contribution in [2.75, 3.05) is 30.8 Å². The average Bonchev–Trinajstić information content (AvgIpc) is 3.40. The highest BCUT2D eigenvalue weighted by molar-refractivity contribution is 7.92.